The van der Waals surface area contributed by atoms with Crippen molar-refractivity contribution in [2.45, 2.75) is 31.6 Å². The zero-order valence-electron chi connectivity index (χ0n) is 15.4. The molecule has 1 fully saturated rings. The average Bonchev–Trinajstić information content (AvgIpc) is 3.05. The van der Waals surface area contributed by atoms with Crippen molar-refractivity contribution in [1.82, 2.24) is 9.78 Å². The van der Waals surface area contributed by atoms with Crippen LogP contribution in [0, 0.1) is 11.8 Å². The molecule has 1 aromatic carbocycles. The van der Waals surface area contributed by atoms with Crippen molar-refractivity contribution < 1.29 is 14.6 Å². The summed E-state index contributed by atoms with van der Waals surface area (Å²) in [4.78, 5) is 12.7. The zero-order valence-corrected chi connectivity index (χ0v) is 15.4. The standard InChI is InChI=1S/C21H24N2O3/c1-13-18-8-7-14-11-23(2)22-20(14)21(18,10-15(12-24)19(13)25)16-5-4-6-17(9-16)26-3/h4-6,9,11-13,18,24H,7-8,10H2,1-3H3/t13-,18-,21+/m0/s1. The number of benzene rings is 1. The van der Waals surface area contributed by atoms with Crippen molar-refractivity contribution in [3.05, 3.63) is 59.1 Å². The van der Waals surface area contributed by atoms with E-state index in [0.29, 0.717) is 12.0 Å². The van der Waals surface area contributed by atoms with Crippen LogP contribution >= 0.6 is 0 Å². The van der Waals surface area contributed by atoms with Gasteiger partial charge in [0.1, 0.15) is 5.75 Å². The lowest BCUT2D eigenvalue weighted by Crippen LogP contribution is -2.50. The Kier molecular flexibility index (Phi) is 3.90. The average molecular weight is 352 g/mol. The van der Waals surface area contributed by atoms with E-state index in [-0.39, 0.29) is 17.6 Å². The molecule has 0 saturated heterocycles. The van der Waals surface area contributed by atoms with Crippen LogP contribution in [-0.2, 0) is 23.7 Å². The first-order chi connectivity index (χ1) is 12.5. The summed E-state index contributed by atoms with van der Waals surface area (Å²) in [5.74, 6) is 0.824. The molecule has 5 nitrogen and oxygen atoms in total. The molecule has 26 heavy (non-hydrogen) atoms. The van der Waals surface area contributed by atoms with Gasteiger partial charge in [0, 0.05) is 30.2 Å². The Morgan fingerprint density at radius 2 is 2.23 bits per heavy atom. The summed E-state index contributed by atoms with van der Waals surface area (Å²) in [5.41, 5.74) is 3.41. The Labute approximate surface area is 153 Å². The monoisotopic (exact) mass is 352 g/mol. The highest BCUT2D eigenvalue weighted by atomic mass is 16.5. The Morgan fingerprint density at radius 3 is 2.96 bits per heavy atom. The highest BCUT2D eigenvalue weighted by Crippen LogP contribution is 2.56. The lowest BCUT2D eigenvalue weighted by molar-refractivity contribution is -0.123. The van der Waals surface area contributed by atoms with Crippen LogP contribution < -0.4 is 4.74 Å². The summed E-state index contributed by atoms with van der Waals surface area (Å²) in [6, 6.07) is 8.06. The second-order valence-electron chi connectivity index (χ2n) is 7.51. The summed E-state index contributed by atoms with van der Waals surface area (Å²) in [7, 11) is 3.60. The number of hydrogen-bond donors (Lipinski definition) is 1. The smallest absolute Gasteiger partial charge is 0.165 e. The van der Waals surface area contributed by atoms with Gasteiger partial charge in [-0.25, -0.2) is 0 Å². The van der Waals surface area contributed by atoms with E-state index < -0.39 is 5.41 Å². The zero-order chi connectivity index (χ0) is 18.5. The molecule has 0 spiro atoms. The Morgan fingerprint density at radius 1 is 1.42 bits per heavy atom. The van der Waals surface area contributed by atoms with Crippen LogP contribution in [0.1, 0.15) is 36.6 Å². The number of ether oxygens (including phenoxy) is 1. The number of hydrogen-bond acceptors (Lipinski definition) is 4. The lowest BCUT2D eigenvalue weighted by Gasteiger charge is -2.49. The number of aromatic nitrogens is 2. The van der Waals surface area contributed by atoms with Gasteiger partial charge in [0.25, 0.3) is 0 Å². The van der Waals surface area contributed by atoms with Gasteiger partial charge in [-0.1, -0.05) is 19.1 Å². The van der Waals surface area contributed by atoms with E-state index in [9.17, 15) is 9.90 Å². The maximum atomic E-state index is 12.7. The summed E-state index contributed by atoms with van der Waals surface area (Å²) in [6.45, 7) is 1.98. The van der Waals surface area contributed by atoms with Crippen LogP contribution in [0.5, 0.6) is 5.75 Å². The van der Waals surface area contributed by atoms with Gasteiger partial charge in [-0.2, -0.15) is 5.10 Å². The van der Waals surface area contributed by atoms with Gasteiger partial charge in [-0.3, -0.25) is 9.48 Å². The molecule has 1 aromatic heterocycles. The molecule has 5 heteroatoms. The lowest BCUT2D eigenvalue weighted by atomic mass is 9.52. The van der Waals surface area contributed by atoms with Crippen LogP contribution in [0.25, 0.3) is 0 Å². The third-order valence-corrected chi connectivity index (χ3v) is 6.23. The number of nitrogens with zero attached hydrogens (tertiary/aromatic N) is 2. The number of methoxy groups -OCH3 is 1. The van der Waals surface area contributed by atoms with Crippen LogP contribution in [0.3, 0.4) is 0 Å². The highest BCUT2D eigenvalue weighted by Gasteiger charge is 2.55. The van der Waals surface area contributed by atoms with E-state index in [2.05, 4.69) is 12.3 Å². The van der Waals surface area contributed by atoms with Crippen LogP contribution in [0.4, 0.5) is 0 Å². The fourth-order valence-electron chi connectivity index (χ4n) is 5.05. The second-order valence-corrected chi connectivity index (χ2v) is 7.51. The molecule has 0 aliphatic heterocycles. The molecule has 3 atom stereocenters. The molecule has 1 N–H and O–H groups in total. The molecule has 0 unspecified atom stereocenters. The third kappa shape index (κ3) is 2.23. The van der Waals surface area contributed by atoms with E-state index in [1.807, 2.05) is 36.9 Å². The van der Waals surface area contributed by atoms with E-state index in [1.165, 1.54) is 5.56 Å². The number of Topliss-reactive ketones (excluding diaryl/α,β-unsaturated/α-hetero) is 1. The number of aliphatic hydroxyl groups excluding tert-OH is 1. The molecule has 1 heterocycles. The number of carbonyl (C=O) groups is 1. The number of aryl methyl sites for hydroxylation is 2. The van der Waals surface area contributed by atoms with Gasteiger partial charge in [0.05, 0.1) is 19.1 Å². The molecular weight excluding hydrogens is 328 g/mol. The summed E-state index contributed by atoms with van der Waals surface area (Å²) in [6.07, 6.45) is 5.40. The van der Waals surface area contributed by atoms with Crippen molar-refractivity contribution in [3.63, 3.8) is 0 Å². The fourth-order valence-corrected chi connectivity index (χ4v) is 5.05. The van der Waals surface area contributed by atoms with Crippen molar-refractivity contribution in [1.29, 1.82) is 0 Å². The first-order valence-electron chi connectivity index (χ1n) is 9.06. The molecular formula is C21H24N2O3. The molecule has 0 radical (unpaired) electrons. The van der Waals surface area contributed by atoms with Gasteiger partial charge >= 0.3 is 0 Å². The normalized spacial score (nSPS) is 29.3. The predicted molar refractivity (Wildman–Crippen MR) is 98.3 cm³/mol. The number of aliphatic hydroxyl groups is 1. The molecule has 0 bridgehead atoms. The number of allylic oxidation sites excluding steroid dienone is 1. The summed E-state index contributed by atoms with van der Waals surface area (Å²) >= 11 is 0. The molecule has 1 saturated carbocycles. The molecule has 136 valence electrons. The van der Waals surface area contributed by atoms with Gasteiger partial charge < -0.3 is 9.84 Å². The first kappa shape index (κ1) is 16.9. The molecule has 2 aliphatic rings. The van der Waals surface area contributed by atoms with Gasteiger partial charge in [-0.15, -0.1) is 0 Å². The summed E-state index contributed by atoms with van der Waals surface area (Å²) < 4.78 is 7.32. The van der Waals surface area contributed by atoms with Gasteiger partial charge in [0.15, 0.2) is 5.78 Å². The Balaban J connectivity index is 2.01. The third-order valence-electron chi connectivity index (χ3n) is 6.23. The molecule has 0 amide bonds. The van der Waals surface area contributed by atoms with E-state index in [4.69, 9.17) is 9.84 Å². The molecule has 4 rings (SSSR count). The minimum absolute atomic E-state index is 0.0513. The van der Waals surface area contributed by atoms with E-state index >= 15 is 0 Å². The first-order valence-corrected chi connectivity index (χ1v) is 9.06. The van der Waals surface area contributed by atoms with Crippen LogP contribution in [-0.4, -0.2) is 27.8 Å². The van der Waals surface area contributed by atoms with Crippen molar-refractivity contribution in [2.24, 2.45) is 18.9 Å². The quantitative estimate of drug-likeness (QED) is 0.665. The number of fused-ring (bicyclic) bond motifs is 3. The van der Waals surface area contributed by atoms with Crippen LogP contribution in [0.2, 0.25) is 0 Å². The van der Waals surface area contributed by atoms with Gasteiger partial charge in [0.2, 0.25) is 0 Å². The number of ketones is 1. The fraction of sp³-hybridized carbons (Fsp3) is 0.429. The van der Waals surface area contributed by atoms with E-state index in [0.717, 1.165) is 36.1 Å². The van der Waals surface area contributed by atoms with Gasteiger partial charge in [-0.05, 0) is 48.4 Å². The maximum absolute atomic E-state index is 12.7. The highest BCUT2D eigenvalue weighted by molar-refractivity contribution is 5.98. The van der Waals surface area contributed by atoms with Crippen molar-refractivity contribution >= 4 is 5.78 Å². The predicted octanol–water partition coefficient (Wildman–Crippen LogP) is 3.33. The second kappa shape index (κ2) is 6.01. The number of carbonyl (C=O) groups excluding carboxylic acids is 1. The molecule has 2 aromatic rings. The van der Waals surface area contributed by atoms with E-state index in [1.54, 1.807) is 7.11 Å². The SMILES string of the molecule is COc1cccc([C@]23CC(=CO)C(=O)[C@@H](C)[C@@H]2CCc2cn(C)nc23)c1. The summed E-state index contributed by atoms with van der Waals surface area (Å²) in [5, 5.41) is 14.6. The maximum Gasteiger partial charge on any atom is 0.165 e. The minimum atomic E-state index is -0.425. The van der Waals surface area contributed by atoms with Crippen LogP contribution in [0.15, 0.2) is 42.3 Å². The Hall–Kier alpha value is -2.56. The minimum Gasteiger partial charge on any atom is -0.515 e. The largest absolute Gasteiger partial charge is 0.515 e. The van der Waals surface area contributed by atoms with Crippen molar-refractivity contribution in [2.75, 3.05) is 7.11 Å². The van der Waals surface area contributed by atoms with Crippen molar-refractivity contribution in [3.8, 4) is 5.75 Å². The Bertz CT molecular complexity index is 898. The molecule has 2 aliphatic carbocycles. The number of rotatable bonds is 2. The topological polar surface area (TPSA) is 64.3 Å².